The number of ether oxygens (including phenoxy) is 1. The largest absolute Gasteiger partial charge is 0.618 e. The fourth-order valence-corrected chi connectivity index (χ4v) is 4.17. The van der Waals surface area contributed by atoms with Gasteiger partial charge >= 0.3 is 10.0 Å². The normalized spacial score (nSPS) is 13.3. The minimum Gasteiger partial charge on any atom is -0.618 e. The Labute approximate surface area is 154 Å². The molecule has 1 atom stereocenters. The van der Waals surface area contributed by atoms with Crippen LogP contribution in [0.4, 0.5) is 8.78 Å². The zero-order valence-electron chi connectivity index (χ0n) is 13.9. The average molecular weight is 423 g/mol. The Morgan fingerprint density at radius 2 is 1.56 bits per heavy atom. The Balaban J connectivity index is 2.07. The quantitative estimate of drug-likeness (QED) is 0.484. The predicted octanol–water partition coefficient (Wildman–Crippen LogP) is 0.450. The number of nitrogens with one attached hydrogen (secondary N) is 1. The standard InChI is InChI=1S/C15H15F2NO7S2/c1-24-11-5-7-12(8-6-11)27(22,23)25-10-9-18(19)26(20,21)15-13(16)3-2-4-14(15)17/h2-8,18H,9-10H2,1H3. The molecule has 0 heterocycles. The van der Waals surface area contributed by atoms with Crippen LogP contribution in [0, 0.1) is 16.8 Å². The van der Waals surface area contributed by atoms with Crippen molar-refractivity contribution in [3.63, 3.8) is 0 Å². The van der Waals surface area contributed by atoms with Crippen LogP contribution >= 0.6 is 0 Å². The van der Waals surface area contributed by atoms with E-state index in [1.165, 1.54) is 31.4 Å². The summed E-state index contributed by atoms with van der Waals surface area (Å²) < 4.78 is 83.1. The summed E-state index contributed by atoms with van der Waals surface area (Å²) in [7, 11) is -7.84. The summed E-state index contributed by atoms with van der Waals surface area (Å²) in [5.74, 6) is -2.44. The van der Waals surface area contributed by atoms with E-state index in [1.807, 2.05) is 0 Å². The molecule has 0 aliphatic carbocycles. The van der Waals surface area contributed by atoms with Crippen molar-refractivity contribution in [2.24, 2.45) is 0 Å². The van der Waals surface area contributed by atoms with Gasteiger partial charge in [0.15, 0.2) is 16.5 Å². The third-order valence-electron chi connectivity index (χ3n) is 3.38. The van der Waals surface area contributed by atoms with Gasteiger partial charge in [-0.15, -0.1) is 0 Å². The monoisotopic (exact) mass is 423 g/mol. The van der Waals surface area contributed by atoms with E-state index in [1.54, 1.807) is 0 Å². The number of halogens is 2. The van der Waals surface area contributed by atoms with Gasteiger partial charge in [0, 0.05) is 0 Å². The SMILES string of the molecule is COc1ccc(S(=O)(=O)OCC[NH+]([O-])S(=O)(=O)c2c(F)cccc2F)cc1. The van der Waals surface area contributed by atoms with Crippen molar-refractivity contribution in [2.45, 2.75) is 9.79 Å². The summed E-state index contributed by atoms with van der Waals surface area (Å²) in [5.41, 5.74) is 0. The smallest absolute Gasteiger partial charge is 0.331 e. The molecule has 2 rings (SSSR count). The average Bonchev–Trinajstić information content (AvgIpc) is 2.61. The van der Waals surface area contributed by atoms with Gasteiger partial charge < -0.3 is 9.94 Å². The molecule has 0 saturated carbocycles. The van der Waals surface area contributed by atoms with E-state index in [9.17, 15) is 30.8 Å². The van der Waals surface area contributed by atoms with Gasteiger partial charge in [0.1, 0.15) is 18.9 Å². The first-order valence-electron chi connectivity index (χ1n) is 7.35. The molecular weight excluding hydrogens is 408 g/mol. The second kappa shape index (κ2) is 8.27. The number of hydrogen-bond acceptors (Lipinski definition) is 7. The minimum absolute atomic E-state index is 0.237. The van der Waals surface area contributed by atoms with Crippen molar-refractivity contribution < 1.29 is 39.0 Å². The van der Waals surface area contributed by atoms with Gasteiger partial charge in [0.25, 0.3) is 10.1 Å². The van der Waals surface area contributed by atoms with Crippen molar-refractivity contribution in [3.05, 3.63) is 59.3 Å². The van der Waals surface area contributed by atoms with Gasteiger partial charge in [-0.05, 0) is 36.4 Å². The molecule has 0 radical (unpaired) electrons. The highest BCUT2D eigenvalue weighted by molar-refractivity contribution is 7.86. The van der Waals surface area contributed by atoms with E-state index in [0.717, 1.165) is 6.07 Å². The highest BCUT2D eigenvalue weighted by Crippen LogP contribution is 2.18. The van der Waals surface area contributed by atoms with Crippen molar-refractivity contribution in [1.82, 2.24) is 0 Å². The molecule has 0 bridgehead atoms. The maximum absolute atomic E-state index is 13.6. The number of methoxy groups -OCH3 is 1. The van der Waals surface area contributed by atoms with Crippen molar-refractivity contribution in [3.8, 4) is 5.75 Å². The highest BCUT2D eigenvalue weighted by Gasteiger charge is 2.30. The Bertz CT molecular complexity index is 989. The summed E-state index contributed by atoms with van der Waals surface area (Å²) >= 11 is 0. The van der Waals surface area contributed by atoms with Crippen LogP contribution in [0.1, 0.15) is 0 Å². The molecule has 8 nitrogen and oxygen atoms in total. The number of quaternary nitrogens is 1. The van der Waals surface area contributed by atoms with Crippen molar-refractivity contribution in [2.75, 3.05) is 20.3 Å². The zero-order chi connectivity index (χ0) is 20.2. The topological polar surface area (TPSA) is 114 Å². The van der Waals surface area contributed by atoms with E-state index in [-0.39, 0.29) is 4.90 Å². The first-order valence-corrected chi connectivity index (χ1v) is 10.2. The van der Waals surface area contributed by atoms with E-state index in [4.69, 9.17) is 4.74 Å². The van der Waals surface area contributed by atoms with Crippen LogP contribution in [0.5, 0.6) is 5.75 Å². The van der Waals surface area contributed by atoms with Gasteiger partial charge in [-0.1, -0.05) is 6.07 Å². The molecule has 0 fully saturated rings. The molecule has 27 heavy (non-hydrogen) atoms. The molecule has 0 aliphatic rings. The molecule has 1 N–H and O–H groups in total. The Kier molecular flexibility index (Phi) is 6.49. The lowest BCUT2D eigenvalue weighted by atomic mass is 10.3. The molecule has 12 heteroatoms. The van der Waals surface area contributed by atoms with Gasteiger partial charge in [-0.3, -0.25) is 8.65 Å². The molecule has 0 spiro atoms. The van der Waals surface area contributed by atoms with Crippen LogP contribution in [-0.2, 0) is 24.3 Å². The molecule has 0 saturated heterocycles. The van der Waals surface area contributed by atoms with E-state index in [2.05, 4.69) is 4.18 Å². The lowest BCUT2D eigenvalue weighted by Gasteiger charge is -2.21. The highest BCUT2D eigenvalue weighted by atomic mass is 32.2. The maximum Gasteiger partial charge on any atom is 0.331 e. The van der Waals surface area contributed by atoms with Gasteiger partial charge in [0.2, 0.25) is 0 Å². The van der Waals surface area contributed by atoms with Crippen LogP contribution in [-0.4, -0.2) is 37.1 Å². The van der Waals surface area contributed by atoms with Crippen LogP contribution in [0.15, 0.2) is 52.3 Å². The van der Waals surface area contributed by atoms with Crippen LogP contribution < -0.4 is 9.21 Å². The lowest BCUT2D eigenvalue weighted by molar-refractivity contribution is -0.708. The minimum atomic E-state index is -4.97. The molecule has 0 aliphatic heterocycles. The maximum atomic E-state index is 13.6. The first-order chi connectivity index (χ1) is 12.6. The summed E-state index contributed by atoms with van der Waals surface area (Å²) in [4.78, 5) is -1.62. The van der Waals surface area contributed by atoms with E-state index >= 15 is 0 Å². The van der Waals surface area contributed by atoms with Crippen LogP contribution in [0.3, 0.4) is 0 Å². The molecule has 2 aromatic carbocycles. The fraction of sp³-hybridized carbons (Fsp3) is 0.200. The van der Waals surface area contributed by atoms with Crippen molar-refractivity contribution >= 4 is 20.1 Å². The number of rotatable bonds is 8. The second-order valence-corrected chi connectivity index (χ2v) is 8.61. The number of sulfonamides is 1. The summed E-state index contributed by atoms with van der Waals surface area (Å²) in [5, 5.41) is 11.9. The van der Waals surface area contributed by atoms with Gasteiger partial charge in [-0.2, -0.15) is 16.8 Å². The zero-order valence-corrected chi connectivity index (χ0v) is 15.5. The molecule has 148 valence electrons. The molecule has 1 unspecified atom stereocenters. The predicted molar refractivity (Wildman–Crippen MR) is 88.9 cm³/mol. The Morgan fingerprint density at radius 3 is 2.07 bits per heavy atom. The van der Waals surface area contributed by atoms with Gasteiger partial charge in [0.05, 0.1) is 12.0 Å². The number of hydrogen-bond donors (Lipinski definition) is 1. The number of hydroxylamine groups is 1. The second-order valence-electron chi connectivity index (χ2n) is 5.13. The fourth-order valence-electron chi connectivity index (χ4n) is 2.03. The van der Waals surface area contributed by atoms with E-state index < -0.39 is 54.3 Å². The van der Waals surface area contributed by atoms with Crippen LogP contribution in [0.25, 0.3) is 0 Å². The van der Waals surface area contributed by atoms with Crippen LogP contribution in [0.2, 0.25) is 0 Å². The Hall–Kier alpha value is -2.12. The molecule has 0 amide bonds. The Morgan fingerprint density at radius 1 is 1.00 bits per heavy atom. The third-order valence-corrected chi connectivity index (χ3v) is 6.44. The third kappa shape index (κ3) is 4.78. The molecule has 0 aromatic heterocycles. The first kappa shape index (κ1) is 21.2. The summed E-state index contributed by atoms with van der Waals surface area (Å²) in [6.45, 7) is -1.73. The van der Waals surface area contributed by atoms with Crippen molar-refractivity contribution in [1.29, 1.82) is 0 Å². The van der Waals surface area contributed by atoms with E-state index in [0.29, 0.717) is 17.9 Å². The molecular formula is C15H15F2NO7S2. The number of benzene rings is 2. The summed E-state index contributed by atoms with van der Waals surface area (Å²) in [6, 6.07) is 7.45. The lowest BCUT2D eigenvalue weighted by Crippen LogP contribution is -3.09. The van der Waals surface area contributed by atoms with Gasteiger partial charge in [-0.25, -0.2) is 8.78 Å². The summed E-state index contributed by atoms with van der Waals surface area (Å²) in [6.07, 6.45) is 0. The molecule has 2 aromatic rings.